The normalized spacial score (nSPS) is 13.5. The summed E-state index contributed by atoms with van der Waals surface area (Å²) in [5.41, 5.74) is 5.86. The lowest BCUT2D eigenvalue weighted by molar-refractivity contribution is 0.584. The molecule has 0 heterocycles. The van der Waals surface area contributed by atoms with Crippen LogP contribution in [0.1, 0.15) is 0 Å². The molecule has 5 nitrogen and oxygen atoms in total. The molecule has 0 saturated carbocycles. The lowest BCUT2D eigenvalue weighted by Crippen LogP contribution is -2.28. The summed E-state index contributed by atoms with van der Waals surface area (Å²) < 4.78 is 36.8. The largest absolute Gasteiger partial charge is 0.399 e. The number of hydrogen-bond acceptors (Lipinski definition) is 4. The van der Waals surface area contributed by atoms with E-state index in [1.54, 1.807) is 0 Å². The van der Waals surface area contributed by atoms with E-state index < -0.39 is 20.8 Å². The number of anilines is 1. The fourth-order valence-corrected chi connectivity index (χ4v) is 3.23. The molecule has 0 aliphatic heterocycles. The zero-order valence-corrected chi connectivity index (χ0v) is 11.5. The Bertz CT molecular complexity index is 531. The summed E-state index contributed by atoms with van der Waals surface area (Å²) >= 11 is 5.80. The lowest BCUT2D eigenvalue weighted by atomic mass is 10.3. The van der Waals surface area contributed by atoms with Crippen LogP contribution in [0.4, 0.5) is 5.69 Å². The molecule has 1 rings (SSSR count). The maximum absolute atomic E-state index is 11.8. The molecule has 3 N–H and O–H groups in total. The van der Waals surface area contributed by atoms with Crippen molar-refractivity contribution in [1.82, 2.24) is 4.72 Å². The second-order valence-corrected chi connectivity index (χ2v) is 7.06. The number of halogens is 1. The Labute approximate surface area is 108 Å². The minimum atomic E-state index is -3.68. The molecule has 8 heteroatoms. The molecule has 0 bridgehead atoms. The number of nitrogens with two attached hydrogens (primary N) is 1. The van der Waals surface area contributed by atoms with Gasteiger partial charge >= 0.3 is 0 Å². The first-order valence-electron chi connectivity index (χ1n) is 4.67. The van der Waals surface area contributed by atoms with Crippen molar-refractivity contribution in [3.63, 3.8) is 0 Å². The smallest absolute Gasteiger partial charge is 0.242 e. The van der Waals surface area contributed by atoms with Gasteiger partial charge < -0.3 is 5.73 Å². The van der Waals surface area contributed by atoms with Crippen LogP contribution >= 0.6 is 11.6 Å². The van der Waals surface area contributed by atoms with Gasteiger partial charge in [0.1, 0.15) is 4.90 Å². The zero-order valence-electron chi connectivity index (χ0n) is 9.14. The first-order chi connectivity index (χ1) is 7.83. The molecule has 0 aromatic heterocycles. The summed E-state index contributed by atoms with van der Waals surface area (Å²) in [7, 11) is -4.72. The average Bonchev–Trinajstić information content (AvgIpc) is 2.15. The van der Waals surface area contributed by atoms with Crippen molar-refractivity contribution in [2.75, 3.05) is 24.3 Å². The van der Waals surface area contributed by atoms with E-state index in [0.717, 1.165) is 0 Å². The lowest BCUT2D eigenvalue weighted by Gasteiger charge is -2.08. The summed E-state index contributed by atoms with van der Waals surface area (Å²) in [6.45, 7) is 0.103. The van der Waals surface area contributed by atoms with Gasteiger partial charge in [-0.3, -0.25) is 4.21 Å². The van der Waals surface area contributed by atoms with E-state index in [0.29, 0.717) is 5.69 Å². The number of hydrogen-bond donors (Lipinski definition) is 2. The summed E-state index contributed by atoms with van der Waals surface area (Å²) in [6.07, 6.45) is 1.50. The third-order valence-corrected chi connectivity index (χ3v) is 4.65. The fourth-order valence-electron chi connectivity index (χ4n) is 1.13. The van der Waals surface area contributed by atoms with Crippen molar-refractivity contribution in [3.8, 4) is 0 Å². The molecule has 17 heavy (non-hydrogen) atoms. The van der Waals surface area contributed by atoms with Crippen molar-refractivity contribution >= 4 is 38.1 Å². The Morgan fingerprint density at radius 1 is 1.47 bits per heavy atom. The zero-order chi connectivity index (χ0) is 13.1. The first-order valence-corrected chi connectivity index (χ1v) is 8.26. The van der Waals surface area contributed by atoms with Gasteiger partial charge in [-0.25, -0.2) is 13.1 Å². The Hall–Kier alpha value is -0.630. The molecular weight excluding hydrogens is 284 g/mol. The highest BCUT2D eigenvalue weighted by Gasteiger charge is 2.17. The Balaban J connectivity index is 2.86. The molecular formula is C9H13ClN2O3S2. The van der Waals surface area contributed by atoms with Gasteiger partial charge in [-0.05, 0) is 18.2 Å². The van der Waals surface area contributed by atoms with Crippen molar-refractivity contribution < 1.29 is 12.6 Å². The highest BCUT2D eigenvalue weighted by molar-refractivity contribution is 7.89. The number of benzene rings is 1. The van der Waals surface area contributed by atoms with Crippen LogP contribution in [-0.2, 0) is 20.8 Å². The minimum Gasteiger partial charge on any atom is -0.399 e. The molecule has 1 aromatic carbocycles. The van der Waals surface area contributed by atoms with Crippen LogP contribution in [0.2, 0.25) is 5.02 Å². The van der Waals surface area contributed by atoms with Crippen LogP contribution in [0.5, 0.6) is 0 Å². The van der Waals surface area contributed by atoms with Crippen LogP contribution in [0.15, 0.2) is 23.1 Å². The number of sulfonamides is 1. The van der Waals surface area contributed by atoms with Gasteiger partial charge in [0.2, 0.25) is 10.0 Å². The molecule has 1 aromatic rings. The van der Waals surface area contributed by atoms with Crippen LogP contribution in [0.25, 0.3) is 0 Å². The van der Waals surface area contributed by atoms with Gasteiger partial charge in [0, 0.05) is 35.0 Å². The molecule has 0 radical (unpaired) electrons. The van der Waals surface area contributed by atoms with Crippen LogP contribution in [0, 0.1) is 0 Å². The van der Waals surface area contributed by atoms with E-state index in [1.807, 2.05) is 0 Å². The summed E-state index contributed by atoms with van der Waals surface area (Å²) in [6, 6.07) is 4.16. The Morgan fingerprint density at radius 2 is 2.12 bits per heavy atom. The molecule has 1 atom stereocenters. The highest BCUT2D eigenvalue weighted by Crippen LogP contribution is 2.23. The second-order valence-electron chi connectivity index (χ2n) is 3.36. The average molecular weight is 297 g/mol. The van der Waals surface area contributed by atoms with Gasteiger partial charge in [-0.2, -0.15) is 0 Å². The molecule has 0 aliphatic carbocycles. The van der Waals surface area contributed by atoms with E-state index in [2.05, 4.69) is 4.72 Å². The topological polar surface area (TPSA) is 89.3 Å². The van der Waals surface area contributed by atoms with Crippen molar-refractivity contribution in [1.29, 1.82) is 0 Å². The quantitative estimate of drug-likeness (QED) is 0.778. The van der Waals surface area contributed by atoms with E-state index in [1.165, 1.54) is 24.5 Å². The number of nitrogen functional groups attached to an aromatic ring is 1. The molecule has 1 unspecified atom stereocenters. The minimum absolute atomic E-state index is 0.0322. The summed E-state index contributed by atoms with van der Waals surface area (Å²) in [5, 5.41) is 0.0649. The molecule has 0 spiro atoms. The van der Waals surface area contributed by atoms with E-state index in [4.69, 9.17) is 17.3 Å². The second kappa shape index (κ2) is 5.81. The van der Waals surface area contributed by atoms with Crippen LogP contribution < -0.4 is 10.5 Å². The molecule has 0 amide bonds. The van der Waals surface area contributed by atoms with Gasteiger partial charge in [0.05, 0.1) is 5.02 Å². The van der Waals surface area contributed by atoms with Crippen molar-refractivity contribution in [2.45, 2.75) is 4.90 Å². The Morgan fingerprint density at radius 3 is 2.65 bits per heavy atom. The van der Waals surface area contributed by atoms with E-state index >= 15 is 0 Å². The van der Waals surface area contributed by atoms with Crippen LogP contribution in [0.3, 0.4) is 0 Å². The number of nitrogens with one attached hydrogen (secondary N) is 1. The molecule has 0 fully saturated rings. The SMILES string of the molecule is CS(=O)CCNS(=O)(=O)c1ccc(N)cc1Cl. The molecule has 96 valence electrons. The molecule has 0 aliphatic rings. The summed E-state index contributed by atoms with van der Waals surface area (Å²) in [4.78, 5) is -0.0322. The van der Waals surface area contributed by atoms with Gasteiger partial charge in [0.15, 0.2) is 0 Å². The predicted molar refractivity (Wildman–Crippen MR) is 70.0 cm³/mol. The maximum Gasteiger partial charge on any atom is 0.242 e. The first kappa shape index (κ1) is 14.4. The third kappa shape index (κ3) is 4.27. The van der Waals surface area contributed by atoms with E-state index in [-0.39, 0.29) is 22.2 Å². The standard InChI is InChI=1S/C9H13ClN2O3S2/c1-16(13)5-4-12-17(14,15)9-3-2-7(11)6-8(9)10/h2-3,6,12H,4-5,11H2,1H3. The highest BCUT2D eigenvalue weighted by atomic mass is 35.5. The predicted octanol–water partition coefficient (Wildman–Crippen LogP) is 0.579. The maximum atomic E-state index is 11.8. The third-order valence-electron chi connectivity index (χ3n) is 1.93. The summed E-state index contributed by atoms with van der Waals surface area (Å²) in [5.74, 6) is 0.256. The van der Waals surface area contributed by atoms with Crippen molar-refractivity contribution in [3.05, 3.63) is 23.2 Å². The van der Waals surface area contributed by atoms with Gasteiger partial charge in [-0.1, -0.05) is 11.6 Å². The fraction of sp³-hybridized carbons (Fsp3) is 0.333. The van der Waals surface area contributed by atoms with E-state index in [9.17, 15) is 12.6 Å². The Kier molecular flexibility index (Phi) is 4.93. The van der Waals surface area contributed by atoms with Gasteiger partial charge in [-0.15, -0.1) is 0 Å². The van der Waals surface area contributed by atoms with Crippen molar-refractivity contribution in [2.24, 2.45) is 0 Å². The molecule has 0 saturated heterocycles. The van der Waals surface area contributed by atoms with Gasteiger partial charge in [0.25, 0.3) is 0 Å². The number of rotatable bonds is 5. The van der Waals surface area contributed by atoms with Crippen LogP contribution in [-0.4, -0.2) is 31.2 Å². The monoisotopic (exact) mass is 296 g/mol.